The molecule has 4 heteroatoms. The summed E-state index contributed by atoms with van der Waals surface area (Å²) in [5.41, 5.74) is 0.148. The molecule has 150 valence electrons. The number of Topliss-reactive ketones (excluding diaryl/α,β-unsaturated/α-hetero) is 1. The van der Waals surface area contributed by atoms with Crippen molar-refractivity contribution >= 4 is 11.8 Å². The van der Waals surface area contributed by atoms with Gasteiger partial charge in [-0.2, -0.15) is 0 Å². The van der Waals surface area contributed by atoms with Gasteiger partial charge in [0.1, 0.15) is 6.10 Å². The van der Waals surface area contributed by atoms with E-state index in [1.54, 1.807) is 6.92 Å². The number of allylic oxidation sites excluding steroid dienone is 2. The number of rotatable bonds is 2. The lowest BCUT2D eigenvalue weighted by Crippen LogP contribution is -2.65. The highest BCUT2D eigenvalue weighted by Crippen LogP contribution is 2.68. The van der Waals surface area contributed by atoms with Gasteiger partial charge in [0.15, 0.2) is 5.78 Å². The molecule has 0 aromatic carbocycles. The summed E-state index contributed by atoms with van der Waals surface area (Å²) in [4.78, 5) is 23.6. The fourth-order valence-corrected chi connectivity index (χ4v) is 7.62. The van der Waals surface area contributed by atoms with E-state index in [9.17, 15) is 14.7 Å². The minimum absolute atomic E-state index is 0.00652. The Morgan fingerprint density at radius 1 is 1.07 bits per heavy atom. The summed E-state index contributed by atoms with van der Waals surface area (Å²) < 4.78 is 5.51. The molecule has 3 saturated carbocycles. The third-order valence-corrected chi connectivity index (χ3v) is 9.10. The molecule has 0 spiro atoms. The van der Waals surface area contributed by atoms with Crippen LogP contribution in [0.1, 0.15) is 79.1 Å². The predicted molar refractivity (Wildman–Crippen MR) is 103 cm³/mol. The standard InChI is InChI=1S/C23H34O4/c1-14(24)18-7-8-19-20-6-5-16-13-17(27-15(2)25)9-10-22(16,4)23(20,26)12-11-21(18,19)3/h7,16-17,19-20,26H,5-6,8-13H2,1-4H3. The van der Waals surface area contributed by atoms with E-state index < -0.39 is 5.60 Å². The van der Waals surface area contributed by atoms with Crippen LogP contribution in [0.4, 0.5) is 0 Å². The minimum atomic E-state index is -0.665. The van der Waals surface area contributed by atoms with E-state index in [1.165, 1.54) is 6.92 Å². The lowest BCUT2D eigenvalue weighted by Gasteiger charge is -2.65. The van der Waals surface area contributed by atoms with Crippen LogP contribution in [-0.2, 0) is 14.3 Å². The fourth-order valence-electron chi connectivity index (χ4n) is 7.62. The van der Waals surface area contributed by atoms with Crippen molar-refractivity contribution in [2.45, 2.75) is 90.8 Å². The predicted octanol–water partition coefficient (Wildman–Crippen LogP) is 4.20. The van der Waals surface area contributed by atoms with Crippen molar-refractivity contribution in [2.75, 3.05) is 0 Å². The molecular formula is C23H34O4. The fraction of sp³-hybridized carbons (Fsp3) is 0.826. The van der Waals surface area contributed by atoms with Gasteiger partial charge in [-0.15, -0.1) is 0 Å². The molecule has 7 unspecified atom stereocenters. The molecule has 4 aliphatic carbocycles. The molecular weight excluding hydrogens is 340 g/mol. The molecule has 4 rings (SSSR count). The molecule has 4 nitrogen and oxygen atoms in total. The van der Waals surface area contributed by atoms with Crippen LogP contribution in [0.25, 0.3) is 0 Å². The van der Waals surface area contributed by atoms with Crippen molar-refractivity contribution in [2.24, 2.45) is 28.6 Å². The van der Waals surface area contributed by atoms with E-state index >= 15 is 0 Å². The SMILES string of the molecule is CC(=O)OC1CCC2(C)C(CCC3C4CC=C(C(C)=O)C4(C)CCC32O)C1. The maximum atomic E-state index is 12.2. The minimum Gasteiger partial charge on any atom is -0.463 e. The molecule has 27 heavy (non-hydrogen) atoms. The summed E-state index contributed by atoms with van der Waals surface area (Å²) in [5.74, 6) is 1.04. The molecule has 0 radical (unpaired) electrons. The van der Waals surface area contributed by atoms with E-state index in [2.05, 4.69) is 19.9 Å². The number of hydrogen-bond acceptors (Lipinski definition) is 4. The average molecular weight is 375 g/mol. The van der Waals surface area contributed by atoms with Gasteiger partial charge in [0.05, 0.1) is 5.60 Å². The quantitative estimate of drug-likeness (QED) is 0.736. The summed E-state index contributed by atoms with van der Waals surface area (Å²) in [6.45, 7) is 7.71. The third-order valence-electron chi connectivity index (χ3n) is 9.10. The highest BCUT2D eigenvalue weighted by Gasteiger charge is 2.66. The van der Waals surface area contributed by atoms with Crippen molar-refractivity contribution in [1.82, 2.24) is 0 Å². The molecule has 4 aliphatic rings. The Morgan fingerprint density at radius 2 is 1.81 bits per heavy atom. The van der Waals surface area contributed by atoms with Crippen LogP contribution in [0, 0.1) is 28.6 Å². The Labute approximate surface area is 162 Å². The first-order valence-electron chi connectivity index (χ1n) is 10.7. The molecule has 0 saturated heterocycles. The monoisotopic (exact) mass is 374 g/mol. The largest absolute Gasteiger partial charge is 0.463 e. The first kappa shape index (κ1) is 19.2. The van der Waals surface area contributed by atoms with Crippen molar-refractivity contribution in [3.8, 4) is 0 Å². The zero-order valence-corrected chi connectivity index (χ0v) is 17.2. The van der Waals surface area contributed by atoms with Gasteiger partial charge in [-0.05, 0) is 92.4 Å². The van der Waals surface area contributed by atoms with Gasteiger partial charge in [-0.1, -0.05) is 19.9 Å². The number of hydrogen-bond donors (Lipinski definition) is 1. The van der Waals surface area contributed by atoms with E-state index in [0.717, 1.165) is 56.9 Å². The number of carbonyl (C=O) groups is 2. The maximum Gasteiger partial charge on any atom is 0.302 e. The lowest BCUT2D eigenvalue weighted by atomic mass is 9.42. The Bertz CT molecular complexity index is 696. The summed E-state index contributed by atoms with van der Waals surface area (Å²) in [6, 6.07) is 0. The normalized spacial score (nSPS) is 48.7. The van der Waals surface area contributed by atoms with Crippen LogP contribution in [0.5, 0.6) is 0 Å². The number of ether oxygens (including phenoxy) is 1. The van der Waals surface area contributed by atoms with Gasteiger partial charge < -0.3 is 9.84 Å². The number of carbonyl (C=O) groups excluding carboxylic acids is 2. The van der Waals surface area contributed by atoms with E-state index in [4.69, 9.17) is 4.74 Å². The number of esters is 1. The van der Waals surface area contributed by atoms with Gasteiger partial charge >= 0.3 is 5.97 Å². The Kier molecular flexibility index (Phi) is 4.38. The number of aliphatic hydroxyl groups is 1. The van der Waals surface area contributed by atoms with Gasteiger partial charge in [0.25, 0.3) is 0 Å². The van der Waals surface area contributed by atoms with Crippen molar-refractivity contribution in [3.63, 3.8) is 0 Å². The smallest absolute Gasteiger partial charge is 0.302 e. The Morgan fingerprint density at radius 3 is 2.48 bits per heavy atom. The first-order valence-corrected chi connectivity index (χ1v) is 10.7. The third kappa shape index (κ3) is 2.58. The molecule has 0 amide bonds. The zero-order chi connectivity index (χ0) is 19.6. The summed E-state index contributed by atoms with van der Waals surface area (Å²) in [6.07, 6.45) is 9.51. The highest BCUT2D eigenvalue weighted by molar-refractivity contribution is 5.95. The van der Waals surface area contributed by atoms with Gasteiger partial charge in [0, 0.05) is 6.92 Å². The second-order valence-corrected chi connectivity index (χ2v) is 10.2. The van der Waals surface area contributed by atoms with E-state index in [0.29, 0.717) is 11.8 Å². The van der Waals surface area contributed by atoms with E-state index in [-0.39, 0.29) is 34.6 Å². The van der Waals surface area contributed by atoms with Crippen LogP contribution < -0.4 is 0 Å². The summed E-state index contributed by atoms with van der Waals surface area (Å²) in [5, 5.41) is 12.1. The molecule has 0 aliphatic heterocycles. The Hall–Kier alpha value is -1.16. The maximum absolute atomic E-state index is 12.2. The van der Waals surface area contributed by atoms with Crippen LogP contribution in [0.2, 0.25) is 0 Å². The van der Waals surface area contributed by atoms with Crippen LogP contribution in [0.15, 0.2) is 11.6 Å². The molecule has 1 N–H and O–H groups in total. The Balaban J connectivity index is 1.60. The molecule has 0 heterocycles. The molecule has 0 aromatic heterocycles. The topological polar surface area (TPSA) is 63.6 Å². The van der Waals surface area contributed by atoms with Crippen LogP contribution in [0.3, 0.4) is 0 Å². The van der Waals surface area contributed by atoms with Crippen LogP contribution in [-0.4, -0.2) is 28.6 Å². The number of ketones is 1. The summed E-state index contributed by atoms with van der Waals surface area (Å²) >= 11 is 0. The van der Waals surface area contributed by atoms with Crippen molar-refractivity contribution < 1.29 is 19.4 Å². The number of fused-ring (bicyclic) bond motifs is 5. The van der Waals surface area contributed by atoms with Crippen LogP contribution >= 0.6 is 0 Å². The average Bonchev–Trinajstić information content (AvgIpc) is 2.93. The van der Waals surface area contributed by atoms with E-state index in [1.807, 2.05) is 0 Å². The van der Waals surface area contributed by atoms with Gasteiger partial charge in [-0.3, -0.25) is 9.59 Å². The van der Waals surface area contributed by atoms with Gasteiger partial charge in [-0.25, -0.2) is 0 Å². The molecule has 7 atom stereocenters. The first-order chi connectivity index (χ1) is 12.6. The molecule has 0 bridgehead atoms. The highest BCUT2D eigenvalue weighted by atomic mass is 16.5. The zero-order valence-electron chi connectivity index (χ0n) is 17.2. The van der Waals surface area contributed by atoms with Crippen molar-refractivity contribution in [3.05, 3.63) is 11.6 Å². The second kappa shape index (κ2) is 6.17. The molecule has 0 aromatic rings. The van der Waals surface area contributed by atoms with Gasteiger partial charge in [0.2, 0.25) is 0 Å². The lowest BCUT2D eigenvalue weighted by molar-refractivity contribution is -0.237. The summed E-state index contributed by atoms with van der Waals surface area (Å²) in [7, 11) is 0. The second-order valence-electron chi connectivity index (χ2n) is 10.2. The molecule has 3 fully saturated rings. The van der Waals surface area contributed by atoms with Crippen molar-refractivity contribution in [1.29, 1.82) is 0 Å².